The molecule has 0 bridgehead atoms. The Hall–Kier alpha value is -2.72. The molecule has 4 N–H and O–H groups in total. The minimum Gasteiger partial charge on any atom is -0.457 e. The largest absolute Gasteiger partial charge is 0.457 e. The first-order valence-corrected chi connectivity index (χ1v) is 29.7. The van der Waals surface area contributed by atoms with Gasteiger partial charge in [-0.05, 0) is 89.9 Å². The van der Waals surface area contributed by atoms with Gasteiger partial charge in [0.05, 0.1) is 19.8 Å². The second kappa shape index (κ2) is 49.2. The average molecular weight is 1040 g/mol. The maximum Gasteiger partial charge on any atom is 0.397 e. The number of hydrogen-bond acceptors (Lipinski definition) is 11. The van der Waals surface area contributed by atoms with Gasteiger partial charge in [0, 0.05) is 13.0 Å². The molecule has 0 aromatic heterocycles. The second-order valence-corrected chi connectivity index (χ2v) is 20.2. The molecule has 12 nitrogen and oxygen atoms in total. The summed E-state index contributed by atoms with van der Waals surface area (Å²) in [6.45, 7) is 3.85. The molecule has 13 heteroatoms. The van der Waals surface area contributed by atoms with E-state index in [4.69, 9.17) is 18.9 Å². The van der Waals surface area contributed by atoms with E-state index in [1.165, 1.54) is 103 Å². The van der Waals surface area contributed by atoms with Crippen LogP contribution in [0.2, 0.25) is 0 Å². The Morgan fingerprint density at radius 2 is 0.958 bits per heavy atom. The van der Waals surface area contributed by atoms with Crippen molar-refractivity contribution in [2.75, 3.05) is 26.4 Å². The number of aliphatic hydroxyl groups is 3. The molecular weight excluding hydrogens is 933 g/mol. The van der Waals surface area contributed by atoms with Crippen LogP contribution in [0.15, 0.2) is 85.1 Å². The van der Waals surface area contributed by atoms with Gasteiger partial charge in [0.25, 0.3) is 0 Å². The van der Waals surface area contributed by atoms with Crippen LogP contribution in [0.3, 0.4) is 0 Å². The van der Waals surface area contributed by atoms with Crippen LogP contribution < -0.4 is 0 Å². The first-order chi connectivity index (χ1) is 35.1. The van der Waals surface area contributed by atoms with Crippen molar-refractivity contribution in [1.29, 1.82) is 0 Å². The van der Waals surface area contributed by atoms with Crippen LogP contribution in [0.1, 0.15) is 219 Å². The lowest BCUT2D eigenvalue weighted by Gasteiger charge is -2.41. The molecule has 0 saturated carbocycles. The summed E-state index contributed by atoms with van der Waals surface area (Å²) in [5, 5.41) is 30.8. The lowest BCUT2D eigenvalue weighted by Crippen LogP contribution is -2.60. The molecular formula is C59H102O12S. The number of aliphatic hydroxyl groups excluding tert-OH is 3. The summed E-state index contributed by atoms with van der Waals surface area (Å²) in [6, 6.07) is 0. The highest BCUT2D eigenvalue weighted by atomic mass is 32.3. The van der Waals surface area contributed by atoms with E-state index >= 15 is 0 Å². The summed E-state index contributed by atoms with van der Waals surface area (Å²) in [7, 11) is -5.07. The van der Waals surface area contributed by atoms with Gasteiger partial charge in [0.1, 0.15) is 30.5 Å². The summed E-state index contributed by atoms with van der Waals surface area (Å²) in [6.07, 6.45) is 57.5. The van der Waals surface area contributed by atoms with Gasteiger partial charge in [-0.2, -0.15) is 8.42 Å². The molecule has 0 amide bonds. The Balaban J connectivity index is 2.31. The van der Waals surface area contributed by atoms with E-state index in [-0.39, 0.29) is 19.6 Å². The summed E-state index contributed by atoms with van der Waals surface area (Å²) in [4.78, 5) is 12.9. The van der Waals surface area contributed by atoms with Crippen molar-refractivity contribution in [3.8, 4) is 0 Å². The van der Waals surface area contributed by atoms with Crippen molar-refractivity contribution in [2.24, 2.45) is 0 Å². The highest BCUT2D eigenvalue weighted by molar-refractivity contribution is 7.80. The Morgan fingerprint density at radius 1 is 0.542 bits per heavy atom. The first-order valence-electron chi connectivity index (χ1n) is 28.3. The van der Waals surface area contributed by atoms with Crippen molar-refractivity contribution < 1.29 is 56.2 Å². The molecule has 72 heavy (non-hydrogen) atoms. The number of carbonyl (C=O) groups is 1. The van der Waals surface area contributed by atoms with Crippen LogP contribution >= 0.6 is 0 Å². The molecule has 6 unspecified atom stereocenters. The molecule has 0 spiro atoms. The molecule has 0 radical (unpaired) electrons. The Kier molecular flexibility index (Phi) is 46.0. The summed E-state index contributed by atoms with van der Waals surface area (Å²) in [5.74, 6) is -0.407. The van der Waals surface area contributed by atoms with Crippen molar-refractivity contribution in [3.63, 3.8) is 0 Å². The van der Waals surface area contributed by atoms with E-state index in [1.807, 2.05) is 0 Å². The predicted molar refractivity (Wildman–Crippen MR) is 294 cm³/mol. The number of carbonyl (C=O) groups excluding carboxylic acids is 1. The van der Waals surface area contributed by atoms with Gasteiger partial charge in [0.2, 0.25) is 0 Å². The number of unbranched alkanes of at least 4 members (excludes halogenated alkanes) is 22. The lowest BCUT2D eigenvalue weighted by molar-refractivity contribution is -0.301. The zero-order valence-corrected chi connectivity index (χ0v) is 45.8. The molecule has 1 fully saturated rings. The SMILES string of the molecule is CC/C=C\C/C=C\C/C=C\C/C=C\C/C=C\CCCCCCCCCCCCOCC(COC1OC(CO)C(O)C(OS(=O)(=O)O)C1O)OC(=O)CCCCCCCCCCC/C=C\C/C=C\CCCCC. The van der Waals surface area contributed by atoms with E-state index in [0.29, 0.717) is 13.0 Å². The fourth-order valence-corrected chi connectivity index (χ4v) is 8.77. The van der Waals surface area contributed by atoms with Gasteiger partial charge in [-0.25, -0.2) is 4.18 Å². The summed E-state index contributed by atoms with van der Waals surface area (Å²) < 4.78 is 59.4. The zero-order valence-electron chi connectivity index (χ0n) is 45.0. The molecule has 6 atom stereocenters. The minimum absolute atomic E-state index is 0.0272. The lowest BCUT2D eigenvalue weighted by atomic mass is 9.99. The van der Waals surface area contributed by atoms with E-state index in [1.54, 1.807) is 0 Å². The monoisotopic (exact) mass is 1030 g/mol. The number of hydrogen-bond donors (Lipinski definition) is 4. The van der Waals surface area contributed by atoms with Crippen LogP contribution in [0.4, 0.5) is 0 Å². The molecule has 1 aliphatic heterocycles. The third kappa shape index (κ3) is 41.6. The summed E-state index contributed by atoms with van der Waals surface area (Å²) in [5.41, 5.74) is 0. The van der Waals surface area contributed by atoms with Crippen LogP contribution in [0, 0.1) is 0 Å². The van der Waals surface area contributed by atoms with E-state index in [2.05, 4.69) is 103 Å². The minimum atomic E-state index is -5.07. The summed E-state index contributed by atoms with van der Waals surface area (Å²) >= 11 is 0. The molecule has 1 saturated heterocycles. The van der Waals surface area contributed by atoms with Crippen LogP contribution in [0.5, 0.6) is 0 Å². The normalized spacial score (nSPS) is 19.6. The van der Waals surface area contributed by atoms with Crippen LogP contribution in [-0.2, 0) is 38.3 Å². The standard InChI is InChI=1S/C59H102O12S/c1-3-5-7-9-11-13-15-17-19-21-23-24-25-26-27-28-29-31-33-35-37-39-41-43-45-47-49-67-51-53(52-68-59-57(63)58(71-72(64,65)66)56(62)54(50-60)70-59)69-55(61)48-46-44-42-40-38-36-34-32-30-22-20-18-16-14-12-10-8-6-4-2/h5,7,11-14,17-20,23-24,26-27,53-54,56-60,62-63H,3-4,6,8-10,15-16,21-22,25,28-52H2,1-2H3,(H,64,65,66)/b7-5-,13-11-,14-12-,19-17-,20-18-,24-23-,27-26-. The van der Waals surface area contributed by atoms with E-state index in [9.17, 15) is 33.1 Å². The van der Waals surface area contributed by atoms with Gasteiger partial charge in [-0.15, -0.1) is 0 Å². The van der Waals surface area contributed by atoms with Crippen molar-refractivity contribution in [3.05, 3.63) is 85.1 Å². The number of ether oxygens (including phenoxy) is 4. The molecule has 0 aromatic rings. The molecule has 1 rings (SSSR count). The van der Waals surface area contributed by atoms with Crippen LogP contribution in [-0.4, -0.2) is 97.5 Å². The van der Waals surface area contributed by atoms with E-state index < -0.39 is 59.8 Å². The molecule has 1 aliphatic rings. The van der Waals surface area contributed by atoms with Gasteiger partial charge >= 0.3 is 16.4 Å². The fourth-order valence-electron chi connectivity index (χ4n) is 8.26. The maximum atomic E-state index is 12.9. The zero-order chi connectivity index (χ0) is 52.4. The molecule has 0 aliphatic carbocycles. The van der Waals surface area contributed by atoms with Crippen molar-refractivity contribution in [2.45, 2.75) is 256 Å². The third-order valence-electron chi connectivity index (χ3n) is 12.5. The third-order valence-corrected chi connectivity index (χ3v) is 13.0. The highest BCUT2D eigenvalue weighted by Gasteiger charge is 2.48. The number of allylic oxidation sites excluding steroid dienone is 14. The molecule has 0 aromatic carbocycles. The highest BCUT2D eigenvalue weighted by Crippen LogP contribution is 2.26. The Morgan fingerprint density at radius 3 is 1.40 bits per heavy atom. The van der Waals surface area contributed by atoms with Gasteiger partial charge < -0.3 is 34.3 Å². The Bertz CT molecular complexity index is 1570. The molecule has 416 valence electrons. The van der Waals surface area contributed by atoms with E-state index in [0.717, 1.165) is 89.9 Å². The number of rotatable bonds is 49. The Labute approximate surface area is 438 Å². The second-order valence-electron chi connectivity index (χ2n) is 19.1. The topological polar surface area (TPSA) is 178 Å². The quantitative estimate of drug-likeness (QED) is 0.0196. The van der Waals surface area contributed by atoms with Gasteiger partial charge in [0.15, 0.2) is 6.29 Å². The fraction of sp³-hybridized carbons (Fsp3) is 0.746. The molecule has 1 heterocycles. The number of esters is 1. The van der Waals surface area contributed by atoms with Gasteiger partial charge in [-0.1, -0.05) is 208 Å². The predicted octanol–water partition coefficient (Wildman–Crippen LogP) is 14.0. The maximum absolute atomic E-state index is 12.9. The first kappa shape index (κ1) is 67.3. The van der Waals surface area contributed by atoms with Crippen LogP contribution in [0.25, 0.3) is 0 Å². The van der Waals surface area contributed by atoms with Gasteiger partial charge in [-0.3, -0.25) is 9.35 Å². The van der Waals surface area contributed by atoms with Crippen molar-refractivity contribution in [1.82, 2.24) is 0 Å². The average Bonchev–Trinajstić information content (AvgIpc) is 3.36. The van der Waals surface area contributed by atoms with Crippen molar-refractivity contribution >= 4 is 16.4 Å². The smallest absolute Gasteiger partial charge is 0.397 e.